The van der Waals surface area contributed by atoms with Crippen LogP contribution in [0.3, 0.4) is 0 Å². The molecule has 0 aliphatic carbocycles. The third-order valence-electron chi connectivity index (χ3n) is 0.483. The van der Waals surface area contributed by atoms with Gasteiger partial charge in [-0.1, -0.05) is 0 Å². The average molecular weight is 105 g/mol. The molecular weight excluding hydrogens is 101 g/mol. The van der Waals surface area contributed by atoms with Crippen molar-refractivity contribution in [3.63, 3.8) is 0 Å². The summed E-state index contributed by atoms with van der Waals surface area (Å²) in [5, 5.41) is 0. The Labute approximate surface area is 59.0 Å². The fourth-order valence-corrected chi connectivity index (χ4v) is 0.621. The molecule has 0 aliphatic rings. The smallest absolute Gasteiger partial charge is 0.348 e. The van der Waals surface area contributed by atoms with Gasteiger partial charge in [0.15, 0.2) is 0 Å². The first-order chi connectivity index (χ1) is 2.89. The van der Waals surface area contributed by atoms with Crippen molar-refractivity contribution in [1.82, 2.24) is 4.98 Å². The van der Waals surface area contributed by atoms with Gasteiger partial charge in [-0.3, -0.25) is 0 Å². The van der Waals surface area contributed by atoms with Crippen LogP contribution in [0.4, 0.5) is 0 Å². The van der Waals surface area contributed by atoms with Crippen molar-refractivity contribution in [3.8, 4) is 0 Å². The number of hydrogen-bond donors (Lipinski definition) is 0. The van der Waals surface area contributed by atoms with E-state index in [4.69, 9.17) is 0 Å². The van der Waals surface area contributed by atoms with E-state index in [2.05, 4.69) is 11.9 Å². The quantitative estimate of drug-likeness (QED) is 0.284. The monoisotopic (exact) mass is 105 g/mol. The molecule has 0 saturated heterocycles. The molecule has 0 unspecified atom stereocenters. The Balaban J connectivity index is 0.000000360. The summed E-state index contributed by atoms with van der Waals surface area (Å²) in [6, 6.07) is 0. The molecule has 1 aromatic rings. The van der Waals surface area contributed by atoms with Crippen LogP contribution < -0.4 is 18.9 Å². The number of hydrogen-bond acceptors (Lipinski definition) is 2. The van der Waals surface area contributed by atoms with Crippen LogP contribution in [0, 0.1) is 6.92 Å². The van der Waals surface area contributed by atoms with E-state index in [9.17, 15) is 0 Å². The molecule has 0 radical (unpaired) electrons. The van der Waals surface area contributed by atoms with Gasteiger partial charge in [-0.25, -0.2) is 6.92 Å². The number of nitrogens with zero attached hydrogens (tertiary/aromatic N) is 1. The molecule has 0 bridgehead atoms. The Morgan fingerprint density at radius 3 is 2.57 bits per heavy atom. The molecule has 1 heterocycles. The molecule has 0 aliphatic heterocycles. The molecule has 0 spiro atoms. The van der Waals surface area contributed by atoms with Gasteiger partial charge in [-0.05, 0) is 0 Å². The van der Waals surface area contributed by atoms with Crippen molar-refractivity contribution in [3.05, 3.63) is 23.5 Å². The minimum absolute atomic E-state index is 0. The zero-order valence-electron chi connectivity index (χ0n) is 4.22. The first-order valence-corrected chi connectivity index (χ1v) is 2.48. The van der Waals surface area contributed by atoms with Crippen LogP contribution >= 0.6 is 11.3 Å². The summed E-state index contributed by atoms with van der Waals surface area (Å²) in [5.41, 5.74) is 1.77. The summed E-state index contributed by atoms with van der Waals surface area (Å²) in [6.45, 7) is 3.64. The van der Waals surface area contributed by atoms with Crippen molar-refractivity contribution < 1.29 is 18.9 Å². The van der Waals surface area contributed by atoms with E-state index < -0.39 is 0 Å². The summed E-state index contributed by atoms with van der Waals surface area (Å²) in [5.74, 6) is 0. The van der Waals surface area contributed by atoms with Crippen molar-refractivity contribution in [1.29, 1.82) is 0 Å². The van der Waals surface area contributed by atoms with Gasteiger partial charge in [-0.15, -0.1) is 11.1 Å². The van der Waals surface area contributed by atoms with Crippen LogP contribution in [-0.4, -0.2) is 4.98 Å². The Morgan fingerprint density at radius 1 is 1.71 bits per heavy atom. The minimum atomic E-state index is 0. The average Bonchev–Trinajstić information content (AvgIpc) is 1.86. The maximum absolute atomic E-state index is 3.78. The van der Waals surface area contributed by atoms with Crippen LogP contribution in [0.2, 0.25) is 0 Å². The molecule has 7 heavy (non-hydrogen) atoms. The minimum Gasteiger partial charge on any atom is -0.348 e. The summed E-state index contributed by atoms with van der Waals surface area (Å²) >= 11 is 1.56. The Hall–Kier alpha value is 0.0974. The third kappa shape index (κ3) is 2.03. The Bertz CT molecular complexity index is 115. The topological polar surface area (TPSA) is 12.9 Å². The van der Waals surface area contributed by atoms with E-state index in [1.807, 2.05) is 0 Å². The Kier molecular flexibility index (Phi) is 3.19. The molecule has 0 amide bonds. The maximum atomic E-state index is 3.78. The van der Waals surface area contributed by atoms with E-state index in [0.717, 1.165) is 4.88 Å². The molecule has 32 valence electrons. The van der Waals surface area contributed by atoms with Crippen LogP contribution in [0.1, 0.15) is 4.88 Å². The summed E-state index contributed by atoms with van der Waals surface area (Å²) in [4.78, 5) is 4.80. The first kappa shape index (κ1) is 7.10. The van der Waals surface area contributed by atoms with Gasteiger partial charge in [0.05, 0.1) is 5.51 Å². The van der Waals surface area contributed by atoms with E-state index in [-0.39, 0.29) is 18.9 Å². The molecule has 0 fully saturated rings. The largest absolute Gasteiger partial charge is 1.00 e. The normalized spacial score (nSPS) is 7.43. The Morgan fingerprint density at radius 2 is 2.43 bits per heavy atom. The van der Waals surface area contributed by atoms with E-state index >= 15 is 0 Å². The van der Waals surface area contributed by atoms with E-state index in [1.54, 1.807) is 23.0 Å². The second-order valence-corrected chi connectivity index (χ2v) is 1.94. The summed E-state index contributed by atoms with van der Waals surface area (Å²) < 4.78 is 0. The molecule has 0 aromatic carbocycles. The van der Waals surface area contributed by atoms with E-state index in [1.165, 1.54) is 0 Å². The van der Waals surface area contributed by atoms with Crippen molar-refractivity contribution in [2.45, 2.75) is 0 Å². The molecule has 0 saturated carbocycles. The zero-order valence-corrected chi connectivity index (χ0v) is 5.03. The van der Waals surface area contributed by atoms with Gasteiger partial charge in [0, 0.05) is 0 Å². The van der Waals surface area contributed by atoms with Gasteiger partial charge in [0.2, 0.25) is 0 Å². The fraction of sp³-hybridized carbons (Fsp3) is 0. The van der Waals surface area contributed by atoms with Gasteiger partial charge in [-0.2, -0.15) is 11.3 Å². The number of thiazole rings is 1. The van der Waals surface area contributed by atoms with Gasteiger partial charge < -0.3 is 4.98 Å². The molecule has 0 atom stereocenters. The second-order valence-electron chi connectivity index (χ2n) is 0.968. The standard InChI is InChI=1S/C4H4NS.Li/c1-4-2-5-3-6-4;/h2-3H,1H2;/q-1;+1. The molecule has 1 nitrogen and oxygen atoms in total. The van der Waals surface area contributed by atoms with Gasteiger partial charge in [0.1, 0.15) is 0 Å². The summed E-state index contributed by atoms with van der Waals surface area (Å²) in [6.07, 6.45) is 1.74. The van der Waals surface area contributed by atoms with E-state index in [0.29, 0.717) is 0 Å². The third-order valence-corrected chi connectivity index (χ3v) is 1.12. The van der Waals surface area contributed by atoms with Crippen molar-refractivity contribution in [2.75, 3.05) is 0 Å². The predicted octanol–water partition coefficient (Wildman–Crippen LogP) is -1.67. The maximum Gasteiger partial charge on any atom is 1.00 e. The van der Waals surface area contributed by atoms with Crippen LogP contribution in [0.5, 0.6) is 0 Å². The SMILES string of the molecule is [CH2-]c1cncs1.[Li+]. The van der Waals surface area contributed by atoms with Crippen molar-refractivity contribution in [2.24, 2.45) is 0 Å². The van der Waals surface area contributed by atoms with Crippen LogP contribution in [0.15, 0.2) is 11.7 Å². The van der Waals surface area contributed by atoms with Crippen molar-refractivity contribution >= 4 is 11.3 Å². The molecule has 0 N–H and O–H groups in total. The first-order valence-electron chi connectivity index (χ1n) is 1.60. The zero-order chi connectivity index (χ0) is 4.41. The summed E-state index contributed by atoms with van der Waals surface area (Å²) in [7, 11) is 0. The molecule has 1 aromatic heterocycles. The van der Waals surface area contributed by atoms with Gasteiger partial charge in [0.25, 0.3) is 0 Å². The molecule has 3 heteroatoms. The second kappa shape index (κ2) is 3.15. The van der Waals surface area contributed by atoms with Crippen LogP contribution in [0.25, 0.3) is 0 Å². The predicted molar refractivity (Wildman–Crippen MR) is 26.6 cm³/mol. The van der Waals surface area contributed by atoms with Crippen LogP contribution in [-0.2, 0) is 0 Å². The molecular formula is C4H4LiNS. The van der Waals surface area contributed by atoms with Gasteiger partial charge >= 0.3 is 18.9 Å². The number of rotatable bonds is 0. The fourth-order valence-electron chi connectivity index (χ4n) is 0.242. The number of aromatic nitrogens is 1. The molecule has 1 rings (SSSR count).